The van der Waals surface area contributed by atoms with E-state index in [-0.39, 0.29) is 27.7 Å². The molecule has 4 N–H and O–H groups in total. The van der Waals surface area contributed by atoms with Crippen molar-refractivity contribution in [3.63, 3.8) is 0 Å². The Balaban J connectivity index is 2.38. The lowest BCUT2D eigenvalue weighted by atomic mass is 10.1. The summed E-state index contributed by atoms with van der Waals surface area (Å²) in [5.74, 6) is -1.72. The lowest BCUT2D eigenvalue weighted by Gasteiger charge is -2.11. The first-order chi connectivity index (χ1) is 9.50. The van der Waals surface area contributed by atoms with Gasteiger partial charge in [-0.3, -0.25) is 4.79 Å². The molecular weight excluding hydrogens is 282 g/mol. The van der Waals surface area contributed by atoms with Crippen molar-refractivity contribution in [1.29, 1.82) is 0 Å². The number of anilines is 2. The number of nitrogens with one attached hydrogen (secondary N) is 1. The van der Waals surface area contributed by atoms with E-state index < -0.39 is 11.9 Å². The maximum atomic E-state index is 12.1. The van der Waals surface area contributed by atoms with Crippen molar-refractivity contribution in [1.82, 2.24) is 4.98 Å². The van der Waals surface area contributed by atoms with Gasteiger partial charge < -0.3 is 16.2 Å². The number of aromatic nitrogens is 1. The van der Waals surface area contributed by atoms with Crippen LogP contribution < -0.4 is 11.1 Å². The summed E-state index contributed by atoms with van der Waals surface area (Å²) in [5.41, 5.74) is 5.65. The molecule has 0 aliphatic heterocycles. The molecule has 0 saturated carbocycles. The van der Waals surface area contributed by atoms with Gasteiger partial charge in [0.25, 0.3) is 5.91 Å². The molecular formula is C13H10ClN3O3. The summed E-state index contributed by atoms with van der Waals surface area (Å²) < 4.78 is 0. The first kappa shape index (κ1) is 13.8. The van der Waals surface area contributed by atoms with E-state index in [2.05, 4.69) is 10.3 Å². The van der Waals surface area contributed by atoms with Crippen molar-refractivity contribution >= 4 is 35.0 Å². The molecule has 0 spiro atoms. The lowest BCUT2D eigenvalue weighted by molar-refractivity contribution is 0.0698. The second kappa shape index (κ2) is 5.58. The Kier molecular flexibility index (Phi) is 3.86. The Morgan fingerprint density at radius 3 is 2.55 bits per heavy atom. The van der Waals surface area contributed by atoms with Crippen molar-refractivity contribution in [2.24, 2.45) is 0 Å². The normalized spacial score (nSPS) is 10.1. The van der Waals surface area contributed by atoms with E-state index in [0.717, 1.165) is 0 Å². The quantitative estimate of drug-likeness (QED) is 0.804. The van der Waals surface area contributed by atoms with Gasteiger partial charge in [0.2, 0.25) is 0 Å². The molecule has 0 atom stereocenters. The Bertz CT molecular complexity index is 688. The molecule has 1 aromatic carbocycles. The third-order valence-corrected chi connectivity index (χ3v) is 2.88. The van der Waals surface area contributed by atoms with Crippen molar-refractivity contribution < 1.29 is 14.7 Å². The third kappa shape index (κ3) is 2.70. The molecule has 20 heavy (non-hydrogen) atoms. The van der Waals surface area contributed by atoms with Crippen LogP contribution in [0.4, 0.5) is 11.5 Å². The fourth-order valence-electron chi connectivity index (χ4n) is 1.62. The lowest BCUT2D eigenvalue weighted by Crippen LogP contribution is -2.17. The number of pyridine rings is 1. The molecule has 0 saturated heterocycles. The number of carboxylic acid groups (broad SMARTS) is 1. The number of nitrogen functional groups attached to an aromatic ring is 1. The van der Waals surface area contributed by atoms with Crippen molar-refractivity contribution in [2.45, 2.75) is 0 Å². The predicted octanol–water partition coefficient (Wildman–Crippen LogP) is 2.27. The fourth-order valence-corrected chi connectivity index (χ4v) is 1.84. The molecule has 1 aromatic heterocycles. The Morgan fingerprint density at radius 2 is 1.90 bits per heavy atom. The van der Waals surface area contributed by atoms with Gasteiger partial charge in [-0.05, 0) is 24.3 Å². The van der Waals surface area contributed by atoms with Crippen LogP contribution in [0.2, 0.25) is 5.02 Å². The van der Waals surface area contributed by atoms with Gasteiger partial charge in [-0.25, -0.2) is 9.78 Å². The summed E-state index contributed by atoms with van der Waals surface area (Å²) in [6.45, 7) is 0. The van der Waals surface area contributed by atoms with Gasteiger partial charge in [-0.2, -0.15) is 0 Å². The smallest absolute Gasteiger partial charge is 0.337 e. The molecule has 0 unspecified atom stereocenters. The monoisotopic (exact) mass is 291 g/mol. The highest BCUT2D eigenvalue weighted by molar-refractivity contribution is 6.35. The minimum Gasteiger partial charge on any atom is -0.478 e. The minimum atomic E-state index is -1.19. The number of para-hydroxylation sites is 1. The number of amides is 1. The van der Waals surface area contributed by atoms with E-state index in [4.69, 9.17) is 22.4 Å². The van der Waals surface area contributed by atoms with Crippen LogP contribution >= 0.6 is 11.6 Å². The van der Waals surface area contributed by atoms with Gasteiger partial charge in [0, 0.05) is 6.20 Å². The highest BCUT2D eigenvalue weighted by Crippen LogP contribution is 2.27. The molecule has 0 radical (unpaired) electrons. The van der Waals surface area contributed by atoms with Crippen LogP contribution in [0.3, 0.4) is 0 Å². The first-order valence-corrected chi connectivity index (χ1v) is 5.92. The summed E-state index contributed by atoms with van der Waals surface area (Å²) in [6.07, 6.45) is 1.45. The number of carbonyl (C=O) groups excluding carboxylic acids is 1. The van der Waals surface area contributed by atoms with Crippen molar-refractivity contribution in [2.75, 3.05) is 11.1 Å². The number of carbonyl (C=O) groups is 2. The molecule has 0 bridgehead atoms. The summed E-state index contributed by atoms with van der Waals surface area (Å²) >= 11 is 5.92. The fraction of sp³-hybridized carbons (Fsp3) is 0. The van der Waals surface area contributed by atoms with Crippen LogP contribution in [0.15, 0.2) is 36.5 Å². The molecule has 1 amide bonds. The molecule has 7 heteroatoms. The first-order valence-electron chi connectivity index (χ1n) is 5.54. The summed E-state index contributed by atoms with van der Waals surface area (Å²) in [4.78, 5) is 27.0. The van der Waals surface area contributed by atoms with Gasteiger partial charge >= 0.3 is 5.97 Å². The van der Waals surface area contributed by atoms with Crippen molar-refractivity contribution in [3.05, 3.63) is 52.7 Å². The van der Waals surface area contributed by atoms with Crippen LogP contribution in [0.1, 0.15) is 20.7 Å². The number of rotatable bonds is 3. The number of halogens is 1. The van der Waals surface area contributed by atoms with Crippen LogP contribution in [0, 0.1) is 0 Å². The number of nitrogens with zero attached hydrogens (tertiary/aromatic N) is 1. The SMILES string of the molecule is Nc1ncccc1C(=O)Nc1c(Cl)cccc1C(=O)O. The van der Waals surface area contributed by atoms with E-state index >= 15 is 0 Å². The number of benzene rings is 1. The molecule has 0 aliphatic rings. The number of hydrogen-bond donors (Lipinski definition) is 3. The minimum absolute atomic E-state index is 0.0231. The largest absolute Gasteiger partial charge is 0.478 e. The van der Waals surface area contributed by atoms with Crippen LogP contribution in [-0.4, -0.2) is 22.0 Å². The average molecular weight is 292 g/mol. The molecule has 0 fully saturated rings. The molecule has 2 rings (SSSR count). The summed E-state index contributed by atoms with van der Waals surface area (Å²) in [5, 5.41) is 11.7. The Hall–Kier alpha value is -2.60. The summed E-state index contributed by atoms with van der Waals surface area (Å²) in [6, 6.07) is 7.34. The third-order valence-electron chi connectivity index (χ3n) is 2.57. The van der Waals surface area contributed by atoms with Crippen molar-refractivity contribution in [3.8, 4) is 0 Å². The predicted molar refractivity (Wildman–Crippen MR) is 75.0 cm³/mol. The maximum Gasteiger partial charge on any atom is 0.337 e. The average Bonchev–Trinajstić information content (AvgIpc) is 2.41. The number of hydrogen-bond acceptors (Lipinski definition) is 4. The van der Waals surface area contributed by atoms with E-state index in [0.29, 0.717) is 0 Å². The van der Waals surface area contributed by atoms with E-state index in [1.807, 2.05) is 0 Å². The molecule has 102 valence electrons. The highest BCUT2D eigenvalue weighted by Gasteiger charge is 2.17. The Labute approximate surface area is 119 Å². The Morgan fingerprint density at radius 1 is 1.20 bits per heavy atom. The zero-order chi connectivity index (χ0) is 14.7. The summed E-state index contributed by atoms with van der Waals surface area (Å²) in [7, 11) is 0. The van der Waals surface area contributed by atoms with Gasteiger partial charge in [-0.15, -0.1) is 0 Å². The van der Waals surface area contributed by atoms with E-state index in [9.17, 15) is 9.59 Å². The molecule has 6 nitrogen and oxygen atoms in total. The second-order valence-electron chi connectivity index (χ2n) is 3.86. The number of aromatic carboxylic acids is 1. The standard InChI is InChI=1S/C13H10ClN3O3/c14-9-5-1-3-7(13(19)20)10(9)17-12(18)8-4-2-6-16-11(8)15/h1-6H,(H2,15,16)(H,17,18)(H,19,20). The zero-order valence-corrected chi connectivity index (χ0v) is 10.9. The number of carboxylic acids is 1. The van der Waals surface area contributed by atoms with E-state index in [1.165, 1.54) is 30.5 Å². The van der Waals surface area contributed by atoms with Crippen LogP contribution in [-0.2, 0) is 0 Å². The number of nitrogens with two attached hydrogens (primary N) is 1. The zero-order valence-electron chi connectivity index (χ0n) is 10.1. The molecule has 0 aliphatic carbocycles. The van der Waals surface area contributed by atoms with Gasteiger partial charge in [0.15, 0.2) is 0 Å². The molecule has 1 heterocycles. The highest BCUT2D eigenvalue weighted by atomic mass is 35.5. The maximum absolute atomic E-state index is 12.1. The van der Waals surface area contributed by atoms with E-state index in [1.54, 1.807) is 6.07 Å². The second-order valence-corrected chi connectivity index (χ2v) is 4.27. The van der Waals surface area contributed by atoms with Gasteiger partial charge in [0.05, 0.1) is 21.8 Å². The topological polar surface area (TPSA) is 105 Å². The van der Waals surface area contributed by atoms with Gasteiger partial charge in [-0.1, -0.05) is 17.7 Å². The van der Waals surface area contributed by atoms with Gasteiger partial charge in [0.1, 0.15) is 5.82 Å². The van der Waals surface area contributed by atoms with Crippen LogP contribution in [0.5, 0.6) is 0 Å². The van der Waals surface area contributed by atoms with Crippen LogP contribution in [0.25, 0.3) is 0 Å². The molecule has 2 aromatic rings.